The third-order valence-corrected chi connectivity index (χ3v) is 6.97. The molecule has 0 saturated carbocycles. The summed E-state index contributed by atoms with van der Waals surface area (Å²) in [4.78, 5) is 19.5. The Hall–Kier alpha value is -2.91. The summed E-state index contributed by atoms with van der Waals surface area (Å²) >= 11 is 1.47. The summed E-state index contributed by atoms with van der Waals surface area (Å²) in [6, 6.07) is 10.8. The summed E-state index contributed by atoms with van der Waals surface area (Å²) in [5.41, 5.74) is 1.68. The topological polar surface area (TPSA) is 62.7 Å². The van der Waals surface area contributed by atoms with Gasteiger partial charge in [0, 0.05) is 30.1 Å². The van der Waals surface area contributed by atoms with Gasteiger partial charge in [-0.15, -0.1) is 11.3 Å². The number of aliphatic carboxylic acids is 1. The molecule has 0 amide bonds. The third-order valence-electron chi connectivity index (χ3n) is 5.91. The van der Waals surface area contributed by atoms with Gasteiger partial charge in [-0.05, 0) is 56.5 Å². The quantitative estimate of drug-likeness (QED) is 0.464. The normalized spacial score (nSPS) is 14.6. The molecule has 3 aromatic rings. The lowest BCUT2D eigenvalue weighted by Gasteiger charge is -2.31. The summed E-state index contributed by atoms with van der Waals surface area (Å²) in [6.07, 6.45) is -3.64. The van der Waals surface area contributed by atoms with Crippen LogP contribution in [0.2, 0.25) is 0 Å². The number of hydrogen-bond acceptors (Lipinski definition) is 5. The fourth-order valence-corrected chi connectivity index (χ4v) is 4.82. The molecule has 180 valence electrons. The summed E-state index contributed by atoms with van der Waals surface area (Å²) in [5.74, 6) is -0.427. The van der Waals surface area contributed by atoms with Crippen molar-refractivity contribution in [3.05, 3.63) is 69.7 Å². The second-order valence-electron chi connectivity index (χ2n) is 8.87. The Morgan fingerprint density at radius 3 is 2.53 bits per heavy atom. The average Bonchev–Trinajstić information content (AvgIpc) is 3.13. The van der Waals surface area contributed by atoms with Crippen molar-refractivity contribution in [3.63, 3.8) is 0 Å². The number of carboxylic acid groups (broad SMARTS) is 1. The van der Waals surface area contributed by atoms with Crippen LogP contribution < -0.4 is 4.74 Å². The molecule has 4 rings (SSSR count). The molecule has 1 N–H and O–H groups in total. The monoisotopic (exact) mass is 490 g/mol. The number of benzene rings is 2. The van der Waals surface area contributed by atoms with Gasteiger partial charge in [-0.3, -0.25) is 4.90 Å². The van der Waals surface area contributed by atoms with Crippen LogP contribution in [0.3, 0.4) is 0 Å². The number of halogens is 3. The molecule has 2 aromatic carbocycles. The molecule has 0 aliphatic carbocycles. The molecule has 0 bridgehead atoms. The van der Waals surface area contributed by atoms with E-state index in [0.29, 0.717) is 29.4 Å². The van der Waals surface area contributed by atoms with E-state index in [1.165, 1.54) is 37.3 Å². The van der Waals surface area contributed by atoms with Gasteiger partial charge in [-0.1, -0.05) is 24.3 Å². The van der Waals surface area contributed by atoms with Crippen molar-refractivity contribution in [2.75, 3.05) is 6.54 Å². The maximum atomic E-state index is 12.8. The van der Waals surface area contributed by atoms with Gasteiger partial charge < -0.3 is 9.84 Å². The van der Waals surface area contributed by atoms with E-state index in [-0.39, 0.29) is 0 Å². The largest absolute Gasteiger partial charge is 0.478 e. The fourth-order valence-electron chi connectivity index (χ4n) is 3.89. The van der Waals surface area contributed by atoms with Gasteiger partial charge in [-0.25, -0.2) is 9.78 Å². The number of aromatic nitrogens is 1. The highest BCUT2D eigenvalue weighted by Crippen LogP contribution is 2.34. The van der Waals surface area contributed by atoms with Gasteiger partial charge in [0.1, 0.15) is 10.8 Å². The first-order valence-electron chi connectivity index (χ1n) is 10.8. The molecular formula is C25H25F3N2O3S. The Bertz CT molecular complexity index is 1200. The average molecular weight is 491 g/mol. The number of hydrogen-bond donors (Lipinski definition) is 1. The van der Waals surface area contributed by atoms with Crippen LogP contribution in [0.5, 0.6) is 5.75 Å². The Labute approximate surface area is 199 Å². The predicted octanol–water partition coefficient (Wildman–Crippen LogP) is 5.94. The minimum atomic E-state index is -4.36. The van der Waals surface area contributed by atoms with Crippen molar-refractivity contribution in [3.8, 4) is 16.3 Å². The highest BCUT2D eigenvalue weighted by molar-refractivity contribution is 7.15. The van der Waals surface area contributed by atoms with Crippen molar-refractivity contribution in [1.29, 1.82) is 0 Å². The zero-order valence-corrected chi connectivity index (χ0v) is 19.9. The van der Waals surface area contributed by atoms with Gasteiger partial charge >= 0.3 is 12.1 Å². The second kappa shape index (κ2) is 9.03. The summed E-state index contributed by atoms with van der Waals surface area (Å²) in [6.45, 7) is 7.08. The summed E-state index contributed by atoms with van der Waals surface area (Å²) in [7, 11) is 0. The van der Waals surface area contributed by atoms with Crippen LogP contribution in [-0.4, -0.2) is 33.1 Å². The van der Waals surface area contributed by atoms with Crippen LogP contribution in [0.25, 0.3) is 10.6 Å². The molecule has 0 unspecified atom stereocenters. The van der Waals surface area contributed by atoms with E-state index < -0.39 is 23.3 Å². The van der Waals surface area contributed by atoms with Gasteiger partial charge in [0.15, 0.2) is 5.60 Å². The number of fused-ring (bicyclic) bond motifs is 1. The van der Waals surface area contributed by atoms with Crippen molar-refractivity contribution >= 4 is 17.3 Å². The molecule has 0 radical (unpaired) electrons. The molecule has 9 heteroatoms. The number of nitrogens with zero attached hydrogens (tertiary/aromatic N) is 2. The van der Waals surface area contributed by atoms with E-state index in [1.54, 1.807) is 6.07 Å². The molecule has 1 aliphatic heterocycles. The maximum Gasteiger partial charge on any atom is 0.416 e. The molecule has 5 nitrogen and oxygen atoms in total. The number of rotatable bonds is 6. The zero-order valence-electron chi connectivity index (χ0n) is 19.1. The van der Waals surface area contributed by atoms with Crippen LogP contribution >= 0.6 is 11.3 Å². The molecular weight excluding hydrogens is 465 g/mol. The lowest BCUT2D eigenvalue weighted by molar-refractivity contribution is -0.152. The van der Waals surface area contributed by atoms with E-state index >= 15 is 0 Å². The van der Waals surface area contributed by atoms with Crippen LogP contribution in [0, 0.1) is 6.92 Å². The predicted molar refractivity (Wildman–Crippen MR) is 124 cm³/mol. The third kappa shape index (κ3) is 5.10. The first-order valence-corrected chi connectivity index (χ1v) is 11.6. The zero-order chi connectivity index (χ0) is 24.7. The Morgan fingerprint density at radius 1 is 1.18 bits per heavy atom. The lowest BCUT2D eigenvalue weighted by Crippen LogP contribution is -2.38. The van der Waals surface area contributed by atoms with E-state index in [0.717, 1.165) is 46.8 Å². The number of carboxylic acids is 1. The molecule has 1 aliphatic rings. The standard InChI is InChI=1S/C25H25F3N2O3S/c1-15-20(29-22(34-15)16-7-9-18(10-8-16)25(26,27)28)14-30-12-11-19-17(13-30)5-4-6-21(19)33-24(2,3)23(31)32/h4-10H,11-14H2,1-3H3,(H,31,32). The first-order chi connectivity index (χ1) is 15.9. The van der Waals surface area contributed by atoms with Crippen LogP contribution in [0.15, 0.2) is 42.5 Å². The van der Waals surface area contributed by atoms with Gasteiger partial charge in [-0.2, -0.15) is 13.2 Å². The van der Waals surface area contributed by atoms with E-state index in [1.807, 2.05) is 19.1 Å². The van der Waals surface area contributed by atoms with E-state index in [2.05, 4.69) is 4.90 Å². The molecule has 0 spiro atoms. The van der Waals surface area contributed by atoms with Gasteiger partial charge in [0.2, 0.25) is 0 Å². The van der Waals surface area contributed by atoms with E-state index in [4.69, 9.17) is 9.72 Å². The van der Waals surface area contributed by atoms with Crippen molar-refractivity contribution in [1.82, 2.24) is 9.88 Å². The molecule has 2 heterocycles. The molecule has 34 heavy (non-hydrogen) atoms. The highest BCUT2D eigenvalue weighted by Gasteiger charge is 2.32. The fraction of sp³-hybridized carbons (Fsp3) is 0.360. The highest BCUT2D eigenvalue weighted by atomic mass is 32.1. The summed E-state index contributed by atoms with van der Waals surface area (Å²) in [5, 5.41) is 10.1. The Balaban J connectivity index is 1.48. The molecule has 0 saturated heterocycles. The van der Waals surface area contributed by atoms with Crippen molar-refractivity contribution in [2.45, 2.75) is 52.1 Å². The second-order valence-corrected chi connectivity index (χ2v) is 10.1. The molecule has 0 atom stereocenters. The molecule has 1 aromatic heterocycles. The number of aryl methyl sites for hydroxylation is 1. The minimum absolute atomic E-state index is 0.596. The summed E-state index contributed by atoms with van der Waals surface area (Å²) < 4.78 is 44.4. The maximum absolute atomic E-state index is 12.8. The van der Waals surface area contributed by atoms with Crippen molar-refractivity contribution < 1.29 is 27.8 Å². The SMILES string of the molecule is Cc1sc(-c2ccc(C(F)(F)F)cc2)nc1CN1CCc2c(cccc2OC(C)(C)C(=O)O)C1. The van der Waals surface area contributed by atoms with E-state index in [9.17, 15) is 23.1 Å². The van der Waals surface area contributed by atoms with Gasteiger partial charge in [0.25, 0.3) is 0 Å². The number of thiazole rings is 1. The smallest absolute Gasteiger partial charge is 0.416 e. The van der Waals surface area contributed by atoms with Crippen LogP contribution in [0.4, 0.5) is 13.2 Å². The first kappa shape index (κ1) is 24.2. The Kier molecular flexibility index (Phi) is 6.44. The van der Waals surface area contributed by atoms with Crippen molar-refractivity contribution in [2.24, 2.45) is 0 Å². The van der Waals surface area contributed by atoms with Gasteiger partial charge in [0.05, 0.1) is 11.3 Å². The van der Waals surface area contributed by atoms with Crippen LogP contribution in [-0.2, 0) is 30.5 Å². The van der Waals surface area contributed by atoms with Crippen LogP contribution in [0.1, 0.15) is 41.1 Å². The molecule has 0 fully saturated rings. The minimum Gasteiger partial charge on any atom is -0.478 e. The lowest BCUT2D eigenvalue weighted by atomic mass is 9.98. The number of ether oxygens (including phenoxy) is 1. The number of alkyl halides is 3. The Morgan fingerprint density at radius 2 is 1.88 bits per heavy atom. The number of carbonyl (C=O) groups is 1.